The fraction of sp³-hybridized carbons (Fsp3) is 0.250. The zero-order valence-electron chi connectivity index (χ0n) is 8.29. The number of nitriles is 1. The molecule has 0 spiro atoms. The van der Waals surface area contributed by atoms with E-state index in [0.29, 0.717) is 6.42 Å². The van der Waals surface area contributed by atoms with E-state index < -0.39 is 0 Å². The molecule has 0 aliphatic heterocycles. The lowest BCUT2D eigenvalue weighted by atomic mass is 10.0. The summed E-state index contributed by atoms with van der Waals surface area (Å²) in [5.41, 5.74) is 3.75. The number of hydrogen-bond acceptors (Lipinski definition) is 2. The minimum absolute atomic E-state index is 0.518. The van der Waals surface area contributed by atoms with Crippen molar-refractivity contribution in [3.63, 3.8) is 0 Å². The number of rotatable bonds is 1. The van der Waals surface area contributed by atoms with E-state index in [9.17, 15) is 0 Å². The SMILES string of the molecule is Cc1cc(C)c2c(CC#N)csc2c1. The van der Waals surface area contributed by atoms with Crippen molar-refractivity contribution in [2.75, 3.05) is 0 Å². The first-order chi connectivity index (χ1) is 6.72. The third-order valence-electron chi connectivity index (χ3n) is 2.36. The molecule has 0 amide bonds. The van der Waals surface area contributed by atoms with Crippen molar-refractivity contribution in [3.8, 4) is 6.07 Å². The number of thiophene rings is 1. The van der Waals surface area contributed by atoms with E-state index >= 15 is 0 Å². The highest BCUT2D eigenvalue weighted by atomic mass is 32.1. The molecule has 70 valence electrons. The second-order valence-electron chi connectivity index (χ2n) is 3.55. The molecule has 1 aromatic heterocycles. The summed E-state index contributed by atoms with van der Waals surface area (Å²) in [7, 11) is 0. The van der Waals surface area contributed by atoms with Crippen molar-refractivity contribution in [1.82, 2.24) is 0 Å². The van der Waals surface area contributed by atoms with Gasteiger partial charge in [0.05, 0.1) is 12.5 Å². The largest absolute Gasteiger partial charge is 0.198 e. The number of hydrogen-bond donors (Lipinski definition) is 0. The number of benzene rings is 1. The monoisotopic (exact) mass is 201 g/mol. The first-order valence-electron chi connectivity index (χ1n) is 4.56. The first-order valence-corrected chi connectivity index (χ1v) is 5.44. The molecule has 0 radical (unpaired) electrons. The molecule has 0 fully saturated rings. The van der Waals surface area contributed by atoms with Gasteiger partial charge >= 0.3 is 0 Å². The highest BCUT2D eigenvalue weighted by molar-refractivity contribution is 7.17. The Hall–Kier alpha value is -1.33. The van der Waals surface area contributed by atoms with Gasteiger partial charge in [-0.3, -0.25) is 0 Å². The molecular weight excluding hydrogens is 190 g/mol. The normalized spacial score (nSPS) is 10.4. The average Bonchev–Trinajstić information content (AvgIpc) is 2.49. The summed E-state index contributed by atoms with van der Waals surface area (Å²) in [6, 6.07) is 6.58. The Bertz CT molecular complexity index is 517. The van der Waals surface area contributed by atoms with E-state index in [-0.39, 0.29) is 0 Å². The van der Waals surface area contributed by atoms with Gasteiger partial charge in [0, 0.05) is 4.70 Å². The van der Waals surface area contributed by atoms with E-state index in [0.717, 1.165) is 0 Å². The minimum Gasteiger partial charge on any atom is -0.198 e. The van der Waals surface area contributed by atoms with Gasteiger partial charge in [-0.15, -0.1) is 11.3 Å². The van der Waals surface area contributed by atoms with Crippen LogP contribution >= 0.6 is 11.3 Å². The quantitative estimate of drug-likeness (QED) is 0.691. The van der Waals surface area contributed by atoms with Crippen LogP contribution in [0.5, 0.6) is 0 Å². The molecule has 0 saturated carbocycles. The molecule has 0 atom stereocenters. The zero-order chi connectivity index (χ0) is 10.1. The fourth-order valence-corrected chi connectivity index (χ4v) is 2.98. The summed E-state index contributed by atoms with van der Waals surface area (Å²) in [5, 5.41) is 12.1. The number of fused-ring (bicyclic) bond motifs is 1. The Morgan fingerprint density at radius 1 is 1.36 bits per heavy atom. The van der Waals surface area contributed by atoms with Gasteiger partial charge in [0.15, 0.2) is 0 Å². The smallest absolute Gasteiger partial charge is 0.0670 e. The number of aryl methyl sites for hydroxylation is 2. The van der Waals surface area contributed by atoms with Crippen LogP contribution in [-0.4, -0.2) is 0 Å². The first kappa shape index (κ1) is 9.23. The van der Waals surface area contributed by atoms with Gasteiger partial charge < -0.3 is 0 Å². The van der Waals surface area contributed by atoms with Crippen LogP contribution < -0.4 is 0 Å². The molecule has 1 heterocycles. The van der Waals surface area contributed by atoms with Gasteiger partial charge in [-0.25, -0.2) is 0 Å². The van der Waals surface area contributed by atoms with E-state index in [1.54, 1.807) is 11.3 Å². The lowest BCUT2D eigenvalue weighted by molar-refractivity contribution is 1.29. The van der Waals surface area contributed by atoms with Crippen molar-refractivity contribution in [2.24, 2.45) is 0 Å². The minimum atomic E-state index is 0.518. The van der Waals surface area contributed by atoms with E-state index in [1.165, 1.54) is 26.8 Å². The Labute approximate surface area is 87.6 Å². The number of nitrogens with zero attached hydrogens (tertiary/aromatic N) is 1. The van der Waals surface area contributed by atoms with Crippen molar-refractivity contribution >= 4 is 21.4 Å². The summed E-state index contributed by atoms with van der Waals surface area (Å²) in [6.07, 6.45) is 0.518. The molecule has 0 bridgehead atoms. The van der Waals surface area contributed by atoms with E-state index in [2.05, 4.69) is 37.4 Å². The zero-order valence-corrected chi connectivity index (χ0v) is 9.11. The van der Waals surface area contributed by atoms with Gasteiger partial charge in [-0.05, 0) is 47.4 Å². The summed E-state index contributed by atoms with van der Waals surface area (Å²) < 4.78 is 1.30. The third kappa shape index (κ3) is 1.40. The summed E-state index contributed by atoms with van der Waals surface area (Å²) in [5.74, 6) is 0. The van der Waals surface area contributed by atoms with Gasteiger partial charge in [0.2, 0.25) is 0 Å². The maximum Gasteiger partial charge on any atom is 0.0670 e. The summed E-state index contributed by atoms with van der Waals surface area (Å²) in [4.78, 5) is 0. The molecule has 1 aromatic carbocycles. The summed E-state index contributed by atoms with van der Waals surface area (Å²) in [6.45, 7) is 4.22. The van der Waals surface area contributed by atoms with Gasteiger partial charge in [-0.1, -0.05) is 6.07 Å². The van der Waals surface area contributed by atoms with Crippen molar-refractivity contribution < 1.29 is 0 Å². The Balaban J connectivity index is 2.74. The fourth-order valence-electron chi connectivity index (χ4n) is 1.84. The highest BCUT2D eigenvalue weighted by Gasteiger charge is 2.06. The van der Waals surface area contributed by atoms with Crippen molar-refractivity contribution in [2.45, 2.75) is 20.3 Å². The Kier molecular flexibility index (Phi) is 2.26. The molecule has 1 nitrogen and oxygen atoms in total. The van der Waals surface area contributed by atoms with Crippen LogP contribution in [0, 0.1) is 25.2 Å². The average molecular weight is 201 g/mol. The second kappa shape index (κ2) is 3.43. The van der Waals surface area contributed by atoms with Crippen LogP contribution in [0.25, 0.3) is 10.1 Å². The topological polar surface area (TPSA) is 23.8 Å². The van der Waals surface area contributed by atoms with Crippen LogP contribution in [-0.2, 0) is 6.42 Å². The molecule has 2 aromatic rings. The predicted octanol–water partition coefficient (Wildman–Crippen LogP) is 3.58. The Morgan fingerprint density at radius 3 is 2.86 bits per heavy atom. The molecular formula is C12H11NS. The molecule has 2 rings (SSSR count). The molecule has 2 heteroatoms. The summed E-state index contributed by atoms with van der Waals surface area (Å²) >= 11 is 1.73. The molecule has 0 aliphatic rings. The van der Waals surface area contributed by atoms with Crippen molar-refractivity contribution in [1.29, 1.82) is 5.26 Å². The predicted molar refractivity (Wildman–Crippen MR) is 60.6 cm³/mol. The molecule has 0 aliphatic carbocycles. The van der Waals surface area contributed by atoms with E-state index in [1.807, 2.05) is 0 Å². The third-order valence-corrected chi connectivity index (χ3v) is 3.34. The van der Waals surface area contributed by atoms with Gasteiger partial charge in [0.25, 0.3) is 0 Å². The van der Waals surface area contributed by atoms with Crippen molar-refractivity contribution in [3.05, 3.63) is 34.2 Å². The van der Waals surface area contributed by atoms with Crippen LogP contribution in [0.4, 0.5) is 0 Å². The lowest BCUT2D eigenvalue weighted by Crippen LogP contribution is -1.82. The molecule has 0 N–H and O–H groups in total. The Morgan fingerprint density at radius 2 is 2.14 bits per heavy atom. The van der Waals surface area contributed by atoms with Crippen LogP contribution in [0.1, 0.15) is 16.7 Å². The molecule has 14 heavy (non-hydrogen) atoms. The van der Waals surface area contributed by atoms with E-state index in [4.69, 9.17) is 5.26 Å². The van der Waals surface area contributed by atoms with Crippen LogP contribution in [0.3, 0.4) is 0 Å². The van der Waals surface area contributed by atoms with Gasteiger partial charge in [-0.2, -0.15) is 5.26 Å². The maximum atomic E-state index is 8.70. The maximum absolute atomic E-state index is 8.70. The lowest BCUT2D eigenvalue weighted by Gasteiger charge is -2.00. The second-order valence-corrected chi connectivity index (χ2v) is 4.46. The van der Waals surface area contributed by atoms with Gasteiger partial charge in [0.1, 0.15) is 0 Å². The molecule has 0 saturated heterocycles. The van der Waals surface area contributed by atoms with Crippen LogP contribution in [0.2, 0.25) is 0 Å². The van der Waals surface area contributed by atoms with Crippen LogP contribution in [0.15, 0.2) is 17.5 Å². The highest BCUT2D eigenvalue weighted by Crippen LogP contribution is 2.30. The molecule has 0 unspecified atom stereocenters. The standard InChI is InChI=1S/C12H11NS/c1-8-5-9(2)12-10(3-4-13)7-14-11(12)6-8/h5-7H,3H2,1-2H3.